The number of hydrogen-bond acceptors (Lipinski definition) is 2. The van der Waals surface area contributed by atoms with E-state index in [4.69, 9.17) is 0 Å². The highest BCUT2D eigenvalue weighted by Gasteiger charge is 2.71. The molecular weight excluding hydrogens is 192 g/mol. The molecular formula is C7H8F4O2. The Morgan fingerprint density at radius 3 is 2.23 bits per heavy atom. The third-order valence-corrected chi connectivity index (χ3v) is 1.58. The molecule has 0 aliphatic carbocycles. The van der Waals surface area contributed by atoms with Crippen molar-refractivity contribution >= 4 is 0 Å². The summed E-state index contributed by atoms with van der Waals surface area (Å²) in [5.74, 6) is -2.20. The Kier molecular flexibility index (Phi) is 2.51. The van der Waals surface area contributed by atoms with Crippen LogP contribution in [-0.2, 0) is 9.47 Å². The minimum Gasteiger partial charge on any atom is -0.501 e. The lowest BCUT2D eigenvalue weighted by molar-refractivity contribution is -0.520. The Morgan fingerprint density at radius 1 is 1.31 bits per heavy atom. The van der Waals surface area contributed by atoms with Crippen molar-refractivity contribution in [3.8, 4) is 0 Å². The average molecular weight is 200 g/mol. The normalized spacial score (nSPS) is 25.9. The molecule has 1 aliphatic heterocycles. The van der Waals surface area contributed by atoms with Gasteiger partial charge in [-0.3, -0.25) is 4.74 Å². The van der Waals surface area contributed by atoms with Crippen LogP contribution in [0.2, 0.25) is 0 Å². The maximum atomic E-state index is 12.3. The fourth-order valence-corrected chi connectivity index (χ4v) is 0.903. The minimum atomic E-state index is -3.79. The SMILES string of the molecule is CC=COCC1C(F)(F)OC1(F)F. The molecule has 0 atom stereocenters. The number of hydrogen-bond donors (Lipinski definition) is 0. The number of rotatable bonds is 3. The molecule has 0 spiro atoms. The lowest BCUT2D eigenvalue weighted by atomic mass is 10.0. The van der Waals surface area contributed by atoms with Crippen molar-refractivity contribution in [2.75, 3.05) is 6.61 Å². The van der Waals surface area contributed by atoms with Gasteiger partial charge in [0, 0.05) is 0 Å². The van der Waals surface area contributed by atoms with Crippen LogP contribution in [0.4, 0.5) is 17.6 Å². The summed E-state index contributed by atoms with van der Waals surface area (Å²) in [5, 5.41) is 0. The van der Waals surface area contributed by atoms with Gasteiger partial charge in [-0.25, -0.2) is 0 Å². The van der Waals surface area contributed by atoms with Crippen molar-refractivity contribution in [2.24, 2.45) is 5.92 Å². The monoisotopic (exact) mass is 200 g/mol. The third-order valence-electron chi connectivity index (χ3n) is 1.58. The van der Waals surface area contributed by atoms with Crippen molar-refractivity contribution in [1.29, 1.82) is 0 Å². The zero-order chi connectivity index (χ0) is 10.1. The maximum Gasteiger partial charge on any atom is 0.374 e. The van der Waals surface area contributed by atoms with Gasteiger partial charge in [0.25, 0.3) is 0 Å². The summed E-state index contributed by atoms with van der Waals surface area (Å²) in [5.41, 5.74) is 0. The first-order valence-corrected chi connectivity index (χ1v) is 3.58. The maximum absolute atomic E-state index is 12.3. The van der Waals surface area contributed by atoms with Gasteiger partial charge in [0.05, 0.1) is 6.26 Å². The van der Waals surface area contributed by atoms with Gasteiger partial charge < -0.3 is 4.74 Å². The Hall–Kier alpha value is -0.780. The molecule has 0 amide bonds. The van der Waals surface area contributed by atoms with Crippen LogP contribution in [-0.4, -0.2) is 18.8 Å². The van der Waals surface area contributed by atoms with Crippen LogP contribution < -0.4 is 0 Å². The highest BCUT2D eigenvalue weighted by Crippen LogP contribution is 2.51. The lowest BCUT2D eigenvalue weighted by Gasteiger charge is -2.42. The fraction of sp³-hybridized carbons (Fsp3) is 0.714. The molecule has 1 aliphatic rings. The molecule has 1 saturated heterocycles. The quantitative estimate of drug-likeness (QED) is 0.514. The molecule has 0 aromatic rings. The molecule has 76 valence electrons. The topological polar surface area (TPSA) is 18.5 Å². The standard InChI is InChI=1S/C7H8F4O2/c1-2-3-12-4-5-6(8,9)13-7(5,10)11/h2-3,5H,4H2,1H3. The summed E-state index contributed by atoms with van der Waals surface area (Å²) in [6.45, 7) is 0.817. The van der Waals surface area contributed by atoms with E-state index in [9.17, 15) is 17.6 Å². The minimum absolute atomic E-state index is 0.760. The van der Waals surface area contributed by atoms with Crippen molar-refractivity contribution in [2.45, 2.75) is 19.1 Å². The number of alkyl halides is 4. The van der Waals surface area contributed by atoms with Crippen LogP contribution in [0.15, 0.2) is 12.3 Å². The van der Waals surface area contributed by atoms with Crippen LogP contribution in [0.1, 0.15) is 6.92 Å². The molecule has 0 saturated carbocycles. The van der Waals surface area contributed by atoms with Gasteiger partial charge in [-0.05, 0) is 6.92 Å². The van der Waals surface area contributed by atoms with Crippen LogP contribution in [0, 0.1) is 5.92 Å². The van der Waals surface area contributed by atoms with Gasteiger partial charge in [0.1, 0.15) is 6.61 Å². The first-order valence-electron chi connectivity index (χ1n) is 3.58. The number of halogens is 4. The average Bonchev–Trinajstić information content (AvgIpc) is 1.95. The highest BCUT2D eigenvalue weighted by atomic mass is 19.3. The summed E-state index contributed by atoms with van der Waals surface area (Å²) in [7, 11) is 0. The van der Waals surface area contributed by atoms with E-state index in [1.807, 2.05) is 0 Å². The summed E-state index contributed by atoms with van der Waals surface area (Å²) in [6, 6.07) is 0. The van der Waals surface area contributed by atoms with Gasteiger partial charge in [0.2, 0.25) is 0 Å². The predicted molar refractivity (Wildman–Crippen MR) is 35.2 cm³/mol. The van der Waals surface area contributed by atoms with Gasteiger partial charge in [-0.1, -0.05) is 6.08 Å². The zero-order valence-corrected chi connectivity index (χ0v) is 6.77. The molecule has 0 unspecified atom stereocenters. The summed E-state index contributed by atoms with van der Waals surface area (Å²) >= 11 is 0. The molecule has 0 bridgehead atoms. The van der Waals surface area contributed by atoms with Crippen molar-refractivity contribution in [3.63, 3.8) is 0 Å². The molecule has 13 heavy (non-hydrogen) atoms. The lowest BCUT2D eigenvalue weighted by Crippen LogP contribution is -2.61. The molecule has 2 nitrogen and oxygen atoms in total. The Bertz CT molecular complexity index is 201. The van der Waals surface area contributed by atoms with E-state index in [1.165, 1.54) is 6.08 Å². The summed E-state index contributed by atoms with van der Waals surface area (Å²) in [6.07, 6.45) is -5.09. The first-order chi connectivity index (χ1) is 5.90. The molecule has 1 fully saturated rings. The molecule has 1 heterocycles. The van der Waals surface area contributed by atoms with Crippen LogP contribution in [0.3, 0.4) is 0 Å². The largest absolute Gasteiger partial charge is 0.501 e. The Labute approximate surface area is 72.1 Å². The number of allylic oxidation sites excluding steroid dienone is 1. The van der Waals surface area contributed by atoms with Crippen molar-refractivity contribution in [1.82, 2.24) is 0 Å². The smallest absolute Gasteiger partial charge is 0.374 e. The van der Waals surface area contributed by atoms with Crippen LogP contribution in [0.25, 0.3) is 0 Å². The van der Waals surface area contributed by atoms with Crippen LogP contribution >= 0.6 is 0 Å². The van der Waals surface area contributed by atoms with E-state index in [-0.39, 0.29) is 0 Å². The van der Waals surface area contributed by atoms with Gasteiger partial charge in [0.15, 0.2) is 5.92 Å². The Morgan fingerprint density at radius 2 is 1.85 bits per heavy atom. The zero-order valence-electron chi connectivity index (χ0n) is 6.77. The highest BCUT2D eigenvalue weighted by molar-refractivity contribution is 4.87. The van der Waals surface area contributed by atoms with Crippen molar-refractivity contribution < 1.29 is 27.0 Å². The third kappa shape index (κ3) is 1.93. The summed E-state index contributed by atoms with van der Waals surface area (Å²) < 4.78 is 56.8. The van der Waals surface area contributed by atoms with Crippen molar-refractivity contribution in [3.05, 3.63) is 12.3 Å². The molecule has 0 radical (unpaired) electrons. The van der Waals surface area contributed by atoms with Gasteiger partial charge in [-0.2, -0.15) is 17.6 Å². The molecule has 0 N–H and O–H groups in total. The Balaban J connectivity index is 2.46. The van der Waals surface area contributed by atoms with E-state index in [0.29, 0.717) is 0 Å². The van der Waals surface area contributed by atoms with Crippen LogP contribution in [0.5, 0.6) is 0 Å². The summed E-state index contributed by atoms with van der Waals surface area (Å²) in [4.78, 5) is 0. The van der Waals surface area contributed by atoms with E-state index < -0.39 is 24.7 Å². The van der Waals surface area contributed by atoms with E-state index in [2.05, 4.69) is 9.47 Å². The second kappa shape index (κ2) is 3.17. The van der Waals surface area contributed by atoms with Gasteiger partial charge in [-0.15, -0.1) is 0 Å². The molecule has 6 heteroatoms. The fourth-order valence-electron chi connectivity index (χ4n) is 0.903. The number of ether oxygens (including phenoxy) is 2. The molecule has 0 aromatic heterocycles. The second-order valence-corrected chi connectivity index (χ2v) is 2.58. The van der Waals surface area contributed by atoms with Gasteiger partial charge >= 0.3 is 12.2 Å². The van der Waals surface area contributed by atoms with E-state index >= 15 is 0 Å². The molecule has 1 rings (SSSR count). The molecule has 0 aromatic carbocycles. The second-order valence-electron chi connectivity index (χ2n) is 2.58. The van der Waals surface area contributed by atoms with E-state index in [1.54, 1.807) is 6.92 Å². The first kappa shape index (κ1) is 10.3. The van der Waals surface area contributed by atoms with E-state index in [0.717, 1.165) is 6.26 Å². The predicted octanol–water partition coefficient (Wildman–Crippen LogP) is 2.37.